The molecule has 1 saturated heterocycles. The van der Waals surface area contributed by atoms with Gasteiger partial charge in [0.25, 0.3) is 0 Å². The Balaban J connectivity index is 2.87. The molecule has 0 aromatic rings. The van der Waals surface area contributed by atoms with E-state index in [9.17, 15) is 9.59 Å². The van der Waals surface area contributed by atoms with Crippen LogP contribution in [0.1, 0.15) is 13.8 Å². The predicted molar refractivity (Wildman–Crippen MR) is 69.5 cm³/mol. The summed E-state index contributed by atoms with van der Waals surface area (Å²) in [6.45, 7) is 2.40. The fraction of sp³-hybridized carbons (Fsp3) is 0.846. The maximum Gasteiger partial charge on any atom is 0.303 e. The summed E-state index contributed by atoms with van der Waals surface area (Å²) in [7, 11) is 4.46. The molecule has 5 atom stereocenters. The summed E-state index contributed by atoms with van der Waals surface area (Å²) < 4.78 is 31.6. The van der Waals surface area contributed by atoms with E-state index in [1.54, 1.807) is 0 Å². The van der Waals surface area contributed by atoms with Crippen LogP contribution in [-0.4, -0.2) is 70.6 Å². The van der Waals surface area contributed by atoms with Crippen LogP contribution in [0.2, 0.25) is 0 Å². The Kier molecular flexibility index (Phi) is 7.03. The molecule has 1 aliphatic heterocycles. The number of hydrogen-bond acceptors (Lipinski definition) is 8. The third kappa shape index (κ3) is 4.63. The lowest BCUT2D eigenvalue weighted by molar-refractivity contribution is -0.188. The fourth-order valence-electron chi connectivity index (χ4n) is 2.26. The molecule has 0 N–H and O–H groups in total. The molecule has 21 heavy (non-hydrogen) atoms. The van der Waals surface area contributed by atoms with Crippen molar-refractivity contribution in [2.45, 2.75) is 44.6 Å². The van der Waals surface area contributed by atoms with Crippen LogP contribution in [-0.2, 0) is 38.0 Å². The Labute approximate surface area is 123 Å². The molecule has 1 fully saturated rings. The molecule has 1 heterocycles. The van der Waals surface area contributed by atoms with E-state index >= 15 is 0 Å². The van der Waals surface area contributed by atoms with E-state index in [-0.39, 0.29) is 6.61 Å². The van der Waals surface area contributed by atoms with Gasteiger partial charge in [-0.2, -0.15) is 0 Å². The number of methoxy groups -OCH3 is 3. The summed E-state index contributed by atoms with van der Waals surface area (Å²) in [5.41, 5.74) is 0. The average molecular weight is 306 g/mol. The molecule has 0 amide bonds. The van der Waals surface area contributed by atoms with Gasteiger partial charge >= 0.3 is 11.9 Å². The molecular formula is C13H22O8. The van der Waals surface area contributed by atoms with Gasteiger partial charge in [0.15, 0.2) is 12.4 Å². The van der Waals surface area contributed by atoms with E-state index in [2.05, 4.69) is 0 Å². The number of carbonyl (C=O) groups excluding carboxylic acids is 2. The Morgan fingerprint density at radius 1 is 1.00 bits per heavy atom. The third-order valence-electron chi connectivity index (χ3n) is 3.12. The molecule has 122 valence electrons. The summed E-state index contributed by atoms with van der Waals surface area (Å²) in [6.07, 6.45) is -3.16. The minimum Gasteiger partial charge on any atom is -0.462 e. The van der Waals surface area contributed by atoms with Gasteiger partial charge in [0, 0.05) is 35.2 Å². The van der Waals surface area contributed by atoms with Crippen LogP contribution in [0.15, 0.2) is 0 Å². The molecule has 0 aliphatic carbocycles. The van der Waals surface area contributed by atoms with Crippen LogP contribution < -0.4 is 0 Å². The molecule has 1 rings (SSSR count). The molecular weight excluding hydrogens is 284 g/mol. The third-order valence-corrected chi connectivity index (χ3v) is 3.12. The van der Waals surface area contributed by atoms with E-state index in [4.69, 9.17) is 28.4 Å². The van der Waals surface area contributed by atoms with Gasteiger partial charge in [0.2, 0.25) is 0 Å². The second-order valence-electron chi connectivity index (χ2n) is 4.56. The molecule has 0 spiro atoms. The van der Waals surface area contributed by atoms with Crippen molar-refractivity contribution in [1.82, 2.24) is 0 Å². The van der Waals surface area contributed by atoms with Gasteiger partial charge in [-0.15, -0.1) is 0 Å². The van der Waals surface area contributed by atoms with Crippen molar-refractivity contribution in [2.24, 2.45) is 0 Å². The van der Waals surface area contributed by atoms with Gasteiger partial charge in [0.05, 0.1) is 0 Å². The maximum atomic E-state index is 11.2. The van der Waals surface area contributed by atoms with Crippen molar-refractivity contribution in [3.63, 3.8) is 0 Å². The molecule has 0 radical (unpaired) electrons. The summed E-state index contributed by atoms with van der Waals surface area (Å²) in [5.74, 6) is -0.994. The Morgan fingerprint density at radius 3 is 2.05 bits per heavy atom. The highest BCUT2D eigenvalue weighted by Crippen LogP contribution is 2.29. The first-order valence-electron chi connectivity index (χ1n) is 6.49. The van der Waals surface area contributed by atoms with Crippen molar-refractivity contribution < 1.29 is 38.0 Å². The topological polar surface area (TPSA) is 89.5 Å². The first kappa shape index (κ1) is 17.8. The molecule has 5 unspecified atom stereocenters. The summed E-state index contributed by atoms with van der Waals surface area (Å²) >= 11 is 0. The van der Waals surface area contributed by atoms with Crippen LogP contribution in [0.3, 0.4) is 0 Å². The number of esters is 2. The molecule has 0 aromatic carbocycles. The lowest BCUT2D eigenvalue weighted by Gasteiger charge is -2.26. The average Bonchev–Trinajstić information content (AvgIpc) is 2.80. The van der Waals surface area contributed by atoms with Crippen molar-refractivity contribution in [2.75, 3.05) is 27.9 Å². The first-order valence-corrected chi connectivity index (χ1v) is 6.49. The van der Waals surface area contributed by atoms with Gasteiger partial charge < -0.3 is 28.4 Å². The SMILES string of the molecule is COC1OC(C(COC(C)=O)OC(C)=O)C(OC)C1OC. The largest absolute Gasteiger partial charge is 0.462 e. The Morgan fingerprint density at radius 2 is 1.62 bits per heavy atom. The quantitative estimate of drug-likeness (QED) is 0.602. The Bertz CT molecular complexity index is 358. The summed E-state index contributed by atoms with van der Waals surface area (Å²) in [4.78, 5) is 22.2. The molecule has 8 nitrogen and oxygen atoms in total. The van der Waals surface area contributed by atoms with Gasteiger partial charge in [-0.25, -0.2) is 0 Å². The fourth-order valence-corrected chi connectivity index (χ4v) is 2.26. The first-order chi connectivity index (χ1) is 9.94. The summed E-state index contributed by atoms with van der Waals surface area (Å²) in [6, 6.07) is 0. The standard InChI is InChI=1S/C13H22O8/c1-7(14)19-6-9(20-8(2)15)10-11(16-3)12(17-4)13(18-5)21-10/h9-13H,6H2,1-5H3. The highest BCUT2D eigenvalue weighted by molar-refractivity contribution is 5.67. The van der Waals surface area contributed by atoms with Gasteiger partial charge in [-0.3, -0.25) is 9.59 Å². The van der Waals surface area contributed by atoms with E-state index in [0.717, 1.165) is 0 Å². The zero-order valence-electron chi connectivity index (χ0n) is 12.9. The van der Waals surface area contributed by atoms with Crippen molar-refractivity contribution in [1.29, 1.82) is 0 Å². The van der Waals surface area contributed by atoms with Gasteiger partial charge in [-0.1, -0.05) is 0 Å². The smallest absolute Gasteiger partial charge is 0.303 e. The zero-order valence-corrected chi connectivity index (χ0v) is 12.9. The van der Waals surface area contributed by atoms with Crippen LogP contribution in [0.4, 0.5) is 0 Å². The zero-order chi connectivity index (χ0) is 16.0. The highest BCUT2D eigenvalue weighted by Gasteiger charge is 2.50. The molecule has 0 aromatic heterocycles. The van der Waals surface area contributed by atoms with Crippen molar-refractivity contribution in [3.8, 4) is 0 Å². The van der Waals surface area contributed by atoms with Crippen molar-refractivity contribution >= 4 is 11.9 Å². The van der Waals surface area contributed by atoms with Gasteiger partial charge in [0.1, 0.15) is 24.9 Å². The second kappa shape index (κ2) is 8.28. The minimum atomic E-state index is -0.811. The van der Waals surface area contributed by atoms with Crippen LogP contribution in [0.5, 0.6) is 0 Å². The number of carbonyl (C=O) groups is 2. The molecule has 0 saturated carbocycles. The molecule has 1 aliphatic rings. The van der Waals surface area contributed by atoms with E-state index < -0.39 is 42.6 Å². The Hall–Kier alpha value is -1.22. The monoisotopic (exact) mass is 306 g/mol. The lowest BCUT2D eigenvalue weighted by atomic mass is 10.1. The highest BCUT2D eigenvalue weighted by atomic mass is 16.7. The number of hydrogen-bond donors (Lipinski definition) is 0. The van der Waals surface area contributed by atoms with Crippen LogP contribution in [0.25, 0.3) is 0 Å². The van der Waals surface area contributed by atoms with E-state index in [1.165, 1.54) is 35.2 Å². The minimum absolute atomic E-state index is 0.133. The van der Waals surface area contributed by atoms with Crippen molar-refractivity contribution in [3.05, 3.63) is 0 Å². The van der Waals surface area contributed by atoms with E-state index in [1.807, 2.05) is 0 Å². The maximum absolute atomic E-state index is 11.2. The summed E-state index contributed by atoms with van der Waals surface area (Å²) in [5, 5.41) is 0. The van der Waals surface area contributed by atoms with Crippen LogP contribution in [0, 0.1) is 0 Å². The molecule has 8 heteroatoms. The normalized spacial score (nSPS) is 30.0. The second-order valence-corrected chi connectivity index (χ2v) is 4.56. The molecule has 0 bridgehead atoms. The predicted octanol–water partition coefficient (Wildman–Crippen LogP) is -0.117. The lowest BCUT2D eigenvalue weighted by Crippen LogP contribution is -2.45. The van der Waals surface area contributed by atoms with Gasteiger partial charge in [-0.05, 0) is 0 Å². The number of rotatable bonds is 7. The van der Waals surface area contributed by atoms with E-state index in [0.29, 0.717) is 0 Å². The van der Waals surface area contributed by atoms with Crippen LogP contribution >= 0.6 is 0 Å². The number of ether oxygens (including phenoxy) is 6.